The van der Waals surface area contributed by atoms with E-state index in [1.165, 1.54) is 23.1 Å². The number of ketones is 1. The molecule has 0 spiro atoms. The van der Waals surface area contributed by atoms with E-state index in [9.17, 15) is 19.1 Å². The normalized spacial score (nSPS) is 18.1. The Labute approximate surface area is 177 Å². The Morgan fingerprint density at radius 1 is 0.967 bits per heavy atom. The minimum Gasteiger partial charge on any atom is -0.507 e. The van der Waals surface area contributed by atoms with Gasteiger partial charge in [0.15, 0.2) is 0 Å². The third-order valence-electron chi connectivity index (χ3n) is 5.02. The molecule has 0 bridgehead atoms. The number of hydrogen-bond acceptors (Lipinski definition) is 3. The maximum atomic E-state index is 13.3. The van der Waals surface area contributed by atoms with Gasteiger partial charge in [-0.15, -0.1) is 0 Å². The molecule has 0 radical (unpaired) electrons. The van der Waals surface area contributed by atoms with Gasteiger partial charge in [-0.25, -0.2) is 4.39 Å². The first kappa shape index (κ1) is 19.9. The highest BCUT2D eigenvalue weighted by atomic mass is 35.5. The number of likely N-dealkylation sites (tertiary alicyclic amines) is 1. The number of halogens is 2. The predicted octanol–water partition coefficient (Wildman–Crippen LogP) is 5.10. The smallest absolute Gasteiger partial charge is 0.295 e. The Hall–Kier alpha value is -3.44. The summed E-state index contributed by atoms with van der Waals surface area (Å²) in [6, 6.07) is 20.4. The lowest BCUT2D eigenvalue weighted by atomic mass is 9.95. The van der Waals surface area contributed by atoms with E-state index in [4.69, 9.17) is 11.6 Å². The monoisotopic (exact) mass is 421 g/mol. The molecule has 1 N–H and O–H groups in total. The summed E-state index contributed by atoms with van der Waals surface area (Å²) in [5, 5.41) is 11.4. The Kier molecular flexibility index (Phi) is 5.38. The summed E-state index contributed by atoms with van der Waals surface area (Å²) in [5.41, 5.74) is 1.70. The van der Waals surface area contributed by atoms with Crippen molar-refractivity contribution in [2.45, 2.75) is 12.6 Å². The molecule has 1 saturated heterocycles. The number of amides is 1. The molecule has 1 unspecified atom stereocenters. The van der Waals surface area contributed by atoms with Gasteiger partial charge in [-0.05, 0) is 35.4 Å². The SMILES string of the molecule is O=C1C(=O)N(Cc2ccc(F)cc2)C(c2ccccc2)/C1=C(/O)c1cccc(Cl)c1. The maximum Gasteiger partial charge on any atom is 0.295 e. The zero-order valence-electron chi connectivity index (χ0n) is 15.8. The van der Waals surface area contributed by atoms with Gasteiger partial charge >= 0.3 is 0 Å². The van der Waals surface area contributed by atoms with Crippen molar-refractivity contribution in [2.24, 2.45) is 0 Å². The van der Waals surface area contributed by atoms with Crippen LogP contribution >= 0.6 is 11.6 Å². The fourth-order valence-corrected chi connectivity index (χ4v) is 3.79. The fourth-order valence-electron chi connectivity index (χ4n) is 3.60. The molecule has 3 aromatic carbocycles. The van der Waals surface area contributed by atoms with Crippen molar-refractivity contribution in [2.75, 3.05) is 0 Å². The van der Waals surface area contributed by atoms with Crippen LogP contribution in [0.5, 0.6) is 0 Å². The van der Waals surface area contributed by atoms with E-state index in [1.807, 2.05) is 6.07 Å². The second-order valence-electron chi connectivity index (χ2n) is 6.97. The minimum absolute atomic E-state index is 0.00409. The summed E-state index contributed by atoms with van der Waals surface area (Å²) in [6.45, 7) is 0.0940. The highest BCUT2D eigenvalue weighted by molar-refractivity contribution is 6.46. The molecule has 1 atom stereocenters. The third kappa shape index (κ3) is 3.72. The fraction of sp³-hybridized carbons (Fsp3) is 0.0833. The van der Waals surface area contributed by atoms with Crippen LogP contribution in [0.3, 0.4) is 0 Å². The standard InChI is InChI=1S/C24H17ClFNO3/c25-18-8-4-7-17(13-18)22(28)20-21(16-5-2-1-3-6-16)27(24(30)23(20)29)14-15-9-11-19(26)12-10-15/h1-13,21,28H,14H2/b22-20-. The second kappa shape index (κ2) is 8.13. The Morgan fingerprint density at radius 3 is 2.33 bits per heavy atom. The number of carbonyl (C=O) groups is 2. The number of carbonyl (C=O) groups excluding carboxylic acids is 2. The van der Waals surface area contributed by atoms with Crippen LogP contribution < -0.4 is 0 Å². The van der Waals surface area contributed by atoms with E-state index in [2.05, 4.69) is 0 Å². The number of rotatable bonds is 4. The van der Waals surface area contributed by atoms with Crippen LogP contribution in [-0.2, 0) is 16.1 Å². The van der Waals surface area contributed by atoms with E-state index in [1.54, 1.807) is 54.6 Å². The van der Waals surface area contributed by atoms with E-state index in [0.717, 1.165) is 0 Å². The van der Waals surface area contributed by atoms with Gasteiger partial charge in [0.05, 0.1) is 11.6 Å². The molecule has 6 heteroatoms. The molecule has 0 aliphatic carbocycles. The third-order valence-corrected chi connectivity index (χ3v) is 5.25. The minimum atomic E-state index is -0.782. The molecular formula is C24H17ClFNO3. The quantitative estimate of drug-likeness (QED) is 0.362. The van der Waals surface area contributed by atoms with Crippen molar-refractivity contribution in [1.29, 1.82) is 0 Å². The highest BCUT2D eigenvalue weighted by Gasteiger charge is 2.46. The van der Waals surface area contributed by atoms with Crippen molar-refractivity contribution < 1.29 is 19.1 Å². The van der Waals surface area contributed by atoms with Crippen LogP contribution in [-0.4, -0.2) is 21.7 Å². The predicted molar refractivity (Wildman–Crippen MR) is 112 cm³/mol. The second-order valence-corrected chi connectivity index (χ2v) is 7.41. The molecule has 1 aliphatic heterocycles. The number of aliphatic hydroxyl groups is 1. The maximum absolute atomic E-state index is 13.3. The van der Waals surface area contributed by atoms with Crippen LogP contribution in [0.25, 0.3) is 5.76 Å². The number of nitrogens with zero attached hydrogens (tertiary/aromatic N) is 1. The van der Waals surface area contributed by atoms with Crippen molar-refractivity contribution in [1.82, 2.24) is 4.90 Å². The topological polar surface area (TPSA) is 57.6 Å². The number of aliphatic hydroxyl groups excluding tert-OH is 1. The van der Waals surface area contributed by atoms with Crippen LogP contribution in [0.1, 0.15) is 22.7 Å². The molecule has 4 nitrogen and oxygen atoms in total. The van der Waals surface area contributed by atoms with E-state index < -0.39 is 17.7 Å². The van der Waals surface area contributed by atoms with Crippen molar-refractivity contribution in [3.8, 4) is 0 Å². The zero-order chi connectivity index (χ0) is 21.3. The molecule has 1 amide bonds. The van der Waals surface area contributed by atoms with Crippen molar-refractivity contribution in [3.05, 3.63) is 112 Å². The molecule has 0 saturated carbocycles. The van der Waals surface area contributed by atoms with Crippen LogP contribution in [0.2, 0.25) is 5.02 Å². The molecule has 30 heavy (non-hydrogen) atoms. The first-order chi connectivity index (χ1) is 14.5. The molecule has 150 valence electrons. The summed E-state index contributed by atoms with van der Waals surface area (Å²) >= 11 is 6.04. The molecule has 1 fully saturated rings. The zero-order valence-corrected chi connectivity index (χ0v) is 16.5. The summed E-state index contributed by atoms with van der Waals surface area (Å²) in [6.07, 6.45) is 0. The Balaban J connectivity index is 1.84. The van der Waals surface area contributed by atoms with Crippen LogP contribution in [0.15, 0.2) is 84.4 Å². The first-order valence-corrected chi connectivity index (χ1v) is 9.67. The van der Waals surface area contributed by atoms with Crippen molar-refractivity contribution in [3.63, 3.8) is 0 Å². The molecule has 1 heterocycles. The lowest BCUT2D eigenvalue weighted by Gasteiger charge is -2.25. The molecule has 1 aliphatic rings. The molecular weight excluding hydrogens is 405 g/mol. The van der Waals surface area contributed by atoms with Gasteiger partial charge in [0.25, 0.3) is 11.7 Å². The van der Waals surface area contributed by atoms with Gasteiger partial charge in [0, 0.05) is 17.1 Å². The van der Waals surface area contributed by atoms with E-state index in [-0.39, 0.29) is 23.7 Å². The van der Waals surface area contributed by atoms with Gasteiger partial charge in [-0.3, -0.25) is 9.59 Å². The van der Waals surface area contributed by atoms with Gasteiger partial charge in [-0.1, -0.05) is 66.2 Å². The molecule has 0 aromatic heterocycles. The number of hydrogen-bond donors (Lipinski definition) is 1. The average molecular weight is 422 g/mol. The molecule has 3 aromatic rings. The van der Waals surface area contributed by atoms with Gasteiger partial charge in [0.2, 0.25) is 0 Å². The lowest BCUT2D eigenvalue weighted by molar-refractivity contribution is -0.140. The first-order valence-electron chi connectivity index (χ1n) is 9.29. The van der Waals surface area contributed by atoms with Gasteiger partial charge < -0.3 is 10.0 Å². The summed E-state index contributed by atoms with van der Waals surface area (Å²) in [7, 11) is 0. The number of Topliss-reactive ketones (excluding diaryl/α,β-unsaturated/α-hetero) is 1. The van der Waals surface area contributed by atoms with E-state index >= 15 is 0 Å². The lowest BCUT2D eigenvalue weighted by Crippen LogP contribution is -2.29. The number of benzene rings is 3. The van der Waals surface area contributed by atoms with Crippen molar-refractivity contribution >= 4 is 29.1 Å². The van der Waals surface area contributed by atoms with Gasteiger partial charge in [0.1, 0.15) is 11.6 Å². The van der Waals surface area contributed by atoms with Crippen LogP contribution in [0, 0.1) is 5.82 Å². The highest BCUT2D eigenvalue weighted by Crippen LogP contribution is 2.40. The summed E-state index contributed by atoms with van der Waals surface area (Å²) in [5.74, 6) is -2.17. The van der Waals surface area contributed by atoms with Gasteiger partial charge in [-0.2, -0.15) is 0 Å². The molecule has 4 rings (SSSR count). The summed E-state index contributed by atoms with van der Waals surface area (Å²) in [4.78, 5) is 27.2. The average Bonchev–Trinajstić information content (AvgIpc) is 3.00. The van der Waals surface area contributed by atoms with Crippen LogP contribution in [0.4, 0.5) is 4.39 Å². The summed E-state index contributed by atoms with van der Waals surface area (Å²) < 4.78 is 13.3. The Bertz CT molecular complexity index is 1140. The largest absolute Gasteiger partial charge is 0.507 e. The van der Waals surface area contributed by atoms with E-state index in [0.29, 0.717) is 21.7 Å². The Morgan fingerprint density at radius 2 is 1.67 bits per heavy atom.